The molecule has 1 aliphatic rings. The van der Waals surface area contributed by atoms with Crippen molar-refractivity contribution < 1.29 is 13.7 Å². The molecule has 3 heterocycles. The summed E-state index contributed by atoms with van der Waals surface area (Å²) in [5.74, 6) is 0. The largest absolute Gasteiger partial charge is 0.525 e. The molecule has 0 atom stereocenters. The maximum Gasteiger partial charge on any atom is 0.525 e. The molecule has 2 aromatic rings. The first-order chi connectivity index (χ1) is 11.2. The number of aromatic nitrogens is 2. The molecule has 24 heavy (non-hydrogen) atoms. The van der Waals surface area contributed by atoms with Crippen LogP contribution in [-0.4, -0.2) is 28.3 Å². The number of hydrogen-bond donors (Lipinski definition) is 0. The maximum atomic E-state index is 14.5. The lowest BCUT2D eigenvalue weighted by Crippen LogP contribution is -2.41. The van der Waals surface area contributed by atoms with Crippen LogP contribution in [-0.2, 0) is 9.31 Å². The van der Waals surface area contributed by atoms with Gasteiger partial charge in [-0.3, -0.25) is 4.98 Å². The Morgan fingerprint density at radius 2 is 1.79 bits per heavy atom. The molecular weight excluding hydrogens is 350 g/mol. The first-order valence-corrected chi connectivity index (χ1v) is 8.68. The highest BCUT2D eigenvalue weighted by molar-refractivity contribution is 7.16. The van der Waals surface area contributed by atoms with E-state index in [1.807, 2.05) is 33.8 Å². The number of rotatable bonds is 3. The van der Waals surface area contributed by atoms with Crippen LogP contribution in [0.15, 0.2) is 30.3 Å². The Morgan fingerprint density at radius 1 is 1.17 bits per heavy atom. The smallest absolute Gasteiger partial charge is 0.398 e. The molecule has 1 saturated heterocycles. The lowest BCUT2D eigenvalue weighted by molar-refractivity contribution is 0.00578. The van der Waals surface area contributed by atoms with Crippen molar-refractivity contribution in [3.05, 3.63) is 40.3 Å². The summed E-state index contributed by atoms with van der Waals surface area (Å²) in [6.45, 7) is 7.55. The molecule has 4 nitrogen and oxygen atoms in total. The maximum absolute atomic E-state index is 14.5. The monoisotopic (exact) mass is 366 g/mol. The second kappa shape index (κ2) is 6.22. The van der Waals surface area contributed by atoms with Crippen LogP contribution in [0.4, 0.5) is 4.39 Å². The summed E-state index contributed by atoms with van der Waals surface area (Å²) in [6.07, 6.45) is 4.51. The molecule has 0 saturated carbocycles. The van der Waals surface area contributed by atoms with Crippen molar-refractivity contribution in [2.75, 3.05) is 0 Å². The lowest BCUT2D eigenvalue weighted by Gasteiger charge is -2.32. The van der Waals surface area contributed by atoms with Crippen molar-refractivity contribution in [3.63, 3.8) is 0 Å². The Bertz CT molecular complexity index is 778. The van der Waals surface area contributed by atoms with Crippen LogP contribution in [0.5, 0.6) is 0 Å². The topological polar surface area (TPSA) is 44.2 Å². The number of hydrogen-bond acceptors (Lipinski definition) is 5. The van der Waals surface area contributed by atoms with Crippen molar-refractivity contribution in [3.8, 4) is 10.6 Å². The molecule has 1 fully saturated rings. The van der Waals surface area contributed by atoms with Crippen molar-refractivity contribution in [2.45, 2.75) is 38.9 Å². The van der Waals surface area contributed by atoms with Crippen LogP contribution < -0.4 is 0 Å². The summed E-state index contributed by atoms with van der Waals surface area (Å²) in [5, 5.41) is 0.321. The molecule has 2 aromatic heterocycles. The number of nitrogens with zero attached hydrogens (tertiary/aromatic N) is 2. The van der Waals surface area contributed by atoms with E-state index < -0.39 is 24.0 Å². The van der Waals surface area contributed by atoms with Gasteiger partial charge in [-0.15, -0.1) is 11.3 Å². The minimum atomic E-state index is -0.999. The Labute approximate surface area is 149 Å². The van der Waals surface area contributed by atoms with E-state index in [1.54, 1.807) is 12.3 Å². The molecule has 0 amide bonds. The molecule has 8 heteroatoms. The molecule has 0 aliphatic carbocycles. The minimum Gasteiger partial charge on any atom is -0.398 e. The summed E-state index contributed by atoms with van der Waals surface area (Å²) in [7, 11) is -0.999. The van der Waals surface area contributed by atoms with Gasteiger partial charge in [0.25, 0.3) is 0 Å². The summed E-state index contributed by atoms with van der Waals surface area (Å²) >= 11 is 7.42. The van der Waals surface area contributed by atoms with Crippen molar-refractivity contribution in [1.82, 2.24) is 9.97 Å². The van der Waals surface area contributed by atoms with Gasteiger partial charge in [-0.1, -0.05) is 11.6 Å². The van der Waals surface area contributed by atoms with Crippen LogP contribution in [0.2, 0.25) is 5.15 Å². The molecule has 3 rings (SSSR count). The van der Waals surface area contributed by atoms with E-state index >= 15 is 0 Å². The Balaban J connectivity index is 1.82. The molecule has 0 N–H and O–H groups in total. The molecule has 0 unspecified atom stereocenters. The second-order valence-corrected chi connectivity index (χ2v) is 7.99. The number of halogens is 2. The zero-order chi connectivity index (χ0) is 17.5. The SMILES string of the molecule is CC1(C)OB(C(F)=Cc2ccc(-c3nccnc3Cl)s2)OC1(C)C. The van der Waals surface area contributed by atoms with Crippen LogP contribution in [0, 0.1) is 0 Å². The average molecular weight is 367 g/mol. The van der Waals surface area contributed by atoms with E-state index in [1.165, 1.54) is 23.6 Å². The van der Waals surface area contributed by atoms with Gasteiger partial charge in [0.05, 0.1) is 16.1 Å². The molecule has 126 valence electrons. The van der Waals surface area contributed by atoms with Crippen LogP contribution in [0.3, 0.4) is 0 Å². The number of thiophene rings is 1. The predicted octanol–water partition coefficient (Wildman–Crippen LogP) is 4.80. The predicted molar refractivity (Wildman–Crippen MR) is 95.5 cm³/mol. The van der Waals surface area contributed by atoms with Gasteiger partial charge in [-0.25, -0.2) is 9.37 Å². The standard InChI is InChI=1S/C16H17BClFN2O2S/c1-15(2)16(3,4)23-17(22-15)12(19)9-10-5-6-11(24-10)13-14(18)21-8-7-20-13/h5-9H,1-4H3. The van der Waals surface area contributed by atoms with Gasteiger partial charge in [0.2, 0.25) is 0 Å². The summed E-state index contributed by atoms with van der Waals surface area (Å²) < 4.78 is 25.9. The fourth-order valence-electron chi connectivity index (χ4n) is 2.20. The lowest BCUT2D eigenvalue weighted by atomic mass is 9.87. The third kappa shape index (κ3) is 3.26. The van der Waals surface area contributed by atoms with Gasteiger partial charge >= 0.3 is 7.12 Å². The van der Waals surface area contributed by atoms with E-state index in [4.69, 9.17) is 20.9 Å². The highest BCUT2D eigenvalue weighted by Gasteiger charge is 2.53. The Hall–Kier alpha value is -1.28. The average Bonchev–Trinajstić information content (AvgIpc) is 3.02. The van der Waals surface area contributed by atoms with Crippen LogP contribution >= 0.6 is 22.9 Å². The molecule has 0 radical (unpaired) electrons. The van der Waals surface area contributed by atoms with E-state index in [0.29, 0.717) is 10.8 Å². The quantitative estimate of drug-likeness (QED) is 0.732. The Kier molecular flexibility index (Phi) is 4.55. The zero-order valence-electron chi connectivity index (χ0n) is 13.8. The summed E-state index contributed by atoms with van der Waals surface area (Å²) in [5.41, 5.74) is -1.03. The fourth-order valence-corrected chi connectivity index (χ4v) is 3.41. The second-order valence-electron chi connectivity index (χ2n) is 6.52. The van der Waals surface area contributed by atoms with Gasteiger partial charge in [0, 0.05) is 17.3 Å². The molecule has 0 bridgehead atoms. The molecule has 0 aromatic carbocycles. The molecular formula is C16H17BClFN2O2S. The fraction of sp³-hybridized carbons (Fsp3) is 0.375. The minimum absolute atomic E-state index is 0.321. The van der Waals surface area contributed by atoms with E-state index in [-0.39, 0.29) is 0 Å². The van der Waals surface area contributed by atoms with Gasteiger partial charge < -0.3 is 9.31 Å². The molecule has 0 spiro atoms. The zero-order valence-corrected chi connectivity index (χ0v) is 15.4. The van der Waals surface area contributed by atoms with E-state index in [9.17, 15) is 4.39 Å². The van der Waals surface area contributed by atoms with Crippen molar-refractivity contribution in [1.29, 1.82) is 0 Å². The van der Waals surface area contributed by atoms with Gasteiger partial charge in [-0.05, 0) is 45.9 Å². The molecule has 1 aliphatic heterocycles. The third-order valence-corrected chi connectivity index (χ3v) is 5.59. The summed E-state index contributed by atoms with van der Waals surface area (Å²) in [4.78, 5) is 9.75. The Morgan fingerprint density at radius 3 is 2.42 bits per heavy atom. The highest BCUT2D eigenvalue weighted by Crippen LogP contribution is 2.39. The van der Waals surface area contributed by atoms with Gasteiger partial charge in [0.15, 0.2) is 5.15 Å². The first-order valence-electron chi connectivity index (χ1n) is 7.49. The van der Waals surface area contributed by atoms with Gasteiger partial charge in [0.1, 0.15) is 11.4 Å². The summed E-state index contributed by atoms with van der Waals surface area (Å²) in [6, 6.07) is 3.64. The highest BCUT2D eigenvalue weighted by atomic mass is 35.5. The van der Waals surface area contributed by atoms with Crippen molar-refractivity contribution >= 4 is 36.1 Å². The third-order valence-electron chi connectivity index (χ3n) is 4.27. The first kappa shape index (κ1) is 17.5. The van der Waals surface area contributed by atoms with E-state index in [2.05, 4.69) is 9.97 Å². The normalized spacial score (nSPS) is 19.8. The van der Waals surface area contributed by atoms with Crippen molar-refractivity contribution in [2.24, 2.45) is 0 Å². The van der Waals surface area contributed by atoms with Gasteiger partial charge in [-0.2, -0.15) is 0 Å². The van der Waals surface area contributed by atoms with Crippen LogP contribution in [0.1, 0.15) is 32.6 Å². The van der Waals surface area contributed by atoms with E-state index in [0.717, 1.165) is 9.75 Å². The van der Waals surface area contributed by atoms with Crippen LogP contribution in [0.25, 0.3) is 16.6 Å².